The van der Waals surface area contributed by atoms with Gasteiger partial charge in [-0.25, -0.2) is 4.39 Å². The van der Waals surface area contributed by atoms with Gasteiger partial charge in [-0.15, -0.1) is 0 Å². The second-order valence-corrected chi connectivity index (χ2v) is 3.29. The Kier molecular flexibility index (Phi) is 3.43. The summed E-state index contributed by atoms with van der Waals surface area (Å²) >= 11 is 0. The maximum absolute atomic E-state index is 13.2. The zero-order valence-electron chi connectivity index (χ0n) is 8.05. The van der Waals surface area contributed by atoms with Crippen LogP contribution in [0.5, 0.6) is 0 Å². The molecule has 2 heteroatoms. The lowest BCUT2D eigenvalue weighted by molar-refractivity contribution is 0.270. The summed E-state index contributed by atoms with van der Waals surface area (Å²) in [5.41, 5.74) is 1.72. The number of aliphatic hydroxyl groups excluding tert-OH is 1. The maximum atomic E-state index is 13.2. The lowest BCUT2D eigenvalue weighted by Gasteiger charge is -2.10. The largest absolute Gasteiger partial charge is 0.396 e. The molecule has 0 fully saturated rings. The van der Waals surface area contributed by atoms with E-state index >= 15 is 0 Å². The van der Waals surface area contributed by atoms with Gasteiger partial charge in [0.1, 0.15) is 5.82 Å². The van der Waals surface area contributed by atoms with Crippen molar-refractivity contribution < 1.29 is 9.50 Å². The quantitative estimate of drug-likeness (QED) is 0.761. The molecule has 72 valence electrons. The zero-order chi connectivity index (χ0) is 9.84. The van der Waals surface area contributed by atoms with Crippen LogP contribution in [0.15, 0.2) is 18.2 Å². The summed E-state index contributed by atoms with van der Waals surface area (Å²) in [7, 11) is 0. The second kappa shape index (κ2) is 4.38. The first-order valence-electron chi connectivity index (χ1n) is 4.58. The lowest BCUT2D eigenvalue weighted by atomic mass is 9.98. The average molecular weight is 182 g/mol. The van der Waals surface area contributed by atoms with Crippen molar-refractivity contribution >= 4 is 0 Å². The van der Waals surface area contributed by atoms with Gasteiger partial charge >= 0.3 is 0 Å². The molecule has 0 spiro atoms. The van der Waals surface area contributed by atoms with Crippen LogP contribution in [-0.4, -0.2) is 11.7 Å². The highest BCUT2D eigenvalue weighted by Gasteiger charge is 2.09. The minimum Gasteiger partial charge on any atom is -0.396 e. The van der Waals surface area contributed by atoms with Crippen molar-refractivity contribution in [3.8, 4) is 0 Å². The molecule has 1 aromatic rings. The standard InChI is InChI=1S/C11H15FO/c1-3-9-4-5-11(12)10(6-9)8(2)7-13/h4-6,8,13H,3,7H2,1-2H3. The molecule has 1 atom stereocenters. The first kappa shape index (κ1) is 10.2. The molecule has 1 aromatic carbocycles. The van der Waals surface area contributed by atoms with E-state index in [2.05, 4.69) is 0 Å². The first-order valence-corrected chi connectivity index (χ1v) is 4.58. The summed E-state index contributed by atoms with van der Waals surface area (Å²) in [6.45, 7) is 3.84. The number of aliphatic hydroxyl groups is 1. The van der Waals surface area contributed by atoms with Gasteiger partial charge in [0.15, 0.2) is 0 Å². The smallest absolute Gasteiger partial charge is 0.126 e. The van der Waals surface area contributed by atoms with E-state index in [1.807, 2.05) is 19.9 Å². The fourth-order valence-corrected chi connectivity index (χ4v) is 1.29. The Balaban J connectivity index is 3.03. The fraction of sp³-hybridized carbons (Fsp3) is 0.455. The van der Waals surface area contributed by atoms with Gasteiger partial charge in [0.05, 0.1) is 0 Å². The molecule has 1 unspecified atom stereocenters. The normalized spacial score (nSPS) is 12.9. The zero-order valence-corrected chi connectivity index (χ0v) is 8.05. The molecule has 1 N–H and O–H groups in total. The predicted molar refractivity (Wildman–Crippen MR) is 51.3 cm³/mol. The number of aryl methyl sites for hydroxylation is 1. The molecule has 13 heavy (non-hydrogen) atoms. The SMILES string of the molecule is CCc1ccc(F)c(C(C)CO)c1. The minimum atomic E-state index is -0.223. The molecular formula is C11H15FO. The third-order valence-electron chi connectivity index (χ3n) is 2.27. The molecule has 0 aliphatic carbocycles. The molecule has 0 saturated heterocycles. The molecule has 0 heterocycles. The van der Waals surface area contributed by atoms with Crippen LogP contribution in [-0.2, 0) is 6.42 Å². The molecule has 0 radical (unpaired) electrons. The summed E-state index contributed by atoms with van der Waals surface area (Å²) < 4.78 is 13.2. The van der Waals surface area contributed by atoms with E-state index in [1.165, 1.54) is 6.07 Å². The summed E-state index contributed by atoms with van der Waals surface area (Å²) in [6.07, 6.45) is 0.894. The highest BCUT2D eigenvalue weighted by molar-refractivity contribution is 5.27. The number of halogens is 1. The van der Waals surface area contributed by atoms with Crippen LogP contribution in [0, 0.1) is 5.82 Å². The molecule has 0 bridgehead atoms. The van der Waals surface area contributed by atoms with E-state index in [0.29, 0.717) is 5.56 Å². The fourth-order valence-electron chi connectivity index (χ4n) is 1.29. The van der Waals surface area contributed by atoms with Gasteiger partial charge in [-0.2, -0.15) is 0 Å². The Bertz CT molecular complexity index is 283. The van der Waals surface area contributed by atoms with E-state index in [0.717, 1.165) is 12.0 Å². The van der Waals surface area contributed by atoms with Crippen molar-refractivity contribution in [3.63, 3.8) is 0 Å². The number of benzene rings is 1. The van der Waals surface area contributed by atoms with Crippen LogP contribution in [0.4, 0.5) is 4.39 Å². The molecule has 0 aliphatic heterocycles. The van der Waals surface area contributed by atoms with Gasteiger partial charge in [-0.1, -0.05) is 26.0 Å². The maximum Gasteiger partial charge on any atom is 0.126 e. The Morgan fingerprint density at radius 1 is 1.46 bits per heavy atom. The van der Waals surface area contributed by atoms with E-state index in [4.69, 9.17) is 5.11 Å². The summed E-state index contributed by atoms with van der Waals surface area (Å²) in [4.78, 5) is 0. The van der Waals surface area contributed by atoms with E-state index in [1.54, 1.807) is 6.07 Å². The minimum absolute atomic E-state index is 0.00983. The number of hydrogen-bond acceptors (Lipinski definition) is 1. The highest BCUT2D eigenvalue weighted by Crippen LogP contribution is 2.20. The van der Waals surface area contributed by atoms with E-state index < -0.39 is 0 Å². The summed E-state index contributed by atoms with van der Waals surface area (Å²) in [6, 6.07) is 5.08. The topological polar surface area (TPSA) is 20.2 Å². The van der Waals surface area contributed by atoms with Crippen molar-refractivity contribution in [1.29, 1.82) is 0 Å². The van der Waals surface area contributed by atoms with Crippen LogP contribution < -0.4 is 0 Å². The highest BCUT2D eigenvalue weighted by atomic mass is 19.1. The molecular weight excluding hydrogens is 167 g/mol. The van der Waals surface area contributed by atoms with Gasteiger partial charge in [0, 0.05) is 12.5 Å². The van der Waals surface area contributed by atoms with Crippen molar-refractivity contribution in [2.24, 2.45) is 0 Å². The van der Waals surface area contributed by atoms with Gasteiger partial charge in [0.2, 0.25) is 0 Å². The number of hydrogen-bond donors (Lipinski definition) is 1. The first-order chi connectivity index (χ1) is 6.19. The molecule has 0 amide bonds. The monoisotopic (exact) mass is 182 g/mol. The Morgan fingerprint density at radius 3 is 2.69 bits per heavy atom. The van der Waals surface area contributed by atoms with Crippen LogP contribution in [0.3, 0.4) is 0 Å². The van der Waals surface area contributed by atoms with Gasteiger partial charge < -0.3 is 5.11 Å². The molecule has 1 nitrogen and oxygen atoms in total. The Labute approximate surface area is 78.2 Å². The van der Waals surface area contributed by atoms with Crippen molar-refractivity contribution in [1.82, 2.24) is 0 Å². The Hall–Kier alpha value is -0.890. The van der Waals surface area contributed by atoms with Gasteiger partial charge in [-0.3, -0.25) is 0 Å². The molecule has 0 saturated carbocycles. The van der Waals surface area contributed by atoms with Gasteiger partial charge in [0.25, 0.3) is 0 Å². The van der Waals surface area contributed by atoms with Crippen molar-refractivity contribution in [2.45, 2.75) is 26.2 Å². The summed E-state index contributed by atoms with van der Waals surface area (Å²) in [5.74, 6) is -0.342. The third kappa shape index (κ3) is 2.28. The van der Waals surface area contributed by atoms with Crippen LogP contribution >= 0.6 is 0 Å². The second-order valence-electron chi connectivity index (χ2n) is 3.29. The van der Waals surface area contributed by atoms with Crippen molar-refractivity contribution in [3.05, 3.63) is 35.1 Å². The van der Waals surface area contributed by atoms with Crippen molar-refractivity contribution in [2.75, 3.05) is 6.61 Å². The summed E-state index contributed by atoms with van der Waals surface area (Å²) in [5, 5.41) is 8.91. The third-order valence-corrected chi connectivity index (χ3v) is 2.27. The average Bonchev–Trinajstić information content (AvgIpc) is 2.17. The van der Waals surface area contributed by atoms with E-state index in [-0.39, 0.29) is 18.3 Å². The molecule has 0 aliphatic rings. The van der Waals surface area contributed by atoms with Crippen LogP contribution in [0.2, 0.25) is 0 Å². The van der Waals surface area contributed by atoms with Gasteiger partial charge in [-0.05, 0) is 23.6 Å². The van der Waals surface area contributed by atoms with E-state index in [9.17, 15) is 4.39 Å². The molecule has 0 aromatic heterocycles. The molecule has 1 rings (SSSR count). The number of rotatable bonds is 3. The predicted octanol–water partition coefficient (Wildman–Crippen LogP) is 2.48. The Morgan fingerprint density at radius 2 is 2.15 bits per heavy atom. The van der Waals surface area contributed by atoms with Crippen LogP contribution in [0.25, 0.3) is 0 Å². The van der Waals surface area contributed by atoms with Crippen LogP contribution in [0.1, 0.15) is 30.9 Å². The lowest BCUT2D eigenvalue weighted by Crippen LogP contribution is -2.02.